The van der Waals surface area contributed by atoms with Gasteiger partial charge >= 0.3 is 0 Å². The van der Waals surface area contributed by atoms with Crippen LogP contribution in [-0.4, -0.2) is 58.8 Å². The minimum Gasteiger partial charge on any atom is -0.383 e. The Bertz CT molecular complexity index is 1240. The molecule has 1 aliphatic rings. The average Bonchev–Trinajstić information content (AvgIpc) is 3.48. The Morgan fingerprint density at radius 2 is 1.89 bits per heavy atom. The summed E-state index contributed by atoms with van der Waals surface area (Å²) in [7, 11) is 3.42. The Labute approximate surface area is 208 Å². The average molecular weight is 497 g/mol. The summed E-state index contributed by atoms with van der Waals surface area (Å²) in [5, 5.41) is 6.67. The van der Waals surface area contributed by atoms with Crippen molar-refractivity contribution < 1.29 is 18.7 Å². The van der Waals surface area contributed by atoms with E-state index in [0.29, 0.717) is 11.4 Å². The first-order valence-corrected chi connectivity index (χ1v) is 11.6. The van der Waals surface area contributed by atoms with Gasteiger partial charge in [-0.15, -0.1) is 0 Å². The Kier molecular flexibility index (Phi) is 7.63. The second kappa shape index (κ2) is 10.8. The summed E-state index contributed by atoms with van der Waals surface area (Å²) in [5.74, 6) is -1.60. The van der Waals surface area contributed by atoms with Crippen LogP contribution in [0.1, 0.15) is 34.1 Å². The first-order valence-electron chi connectivity index (χ1n) is 11.2. The van der Waals surface area contributed by atoms with E-state index in [4.69, 9.17) is 16.3 Å². The highest BCUT2D eigenvalue weighted by atomic mass is 35.5. The number of hydrazone groups is 1. The van der Waals surface area contributed by atoms with Crippen molar-refractivity contribution in [2.75, 3.05) is 26.8 Å². The molecule has 7 nitrogen and oxygen atoms in total. The van der Waals surface area contributed by atoms with E-state index in [2.05, 4.69) is 5.10 Å². The second-order valence-electron chi connectivity index (χ2n) is 8.26. The SMILES string of the molecule is COCCN(CC(=O)N1N=C(c2cccn2C)C[C@@H]1c1ccc(Cl)cc1)C(=O)c1ccccc1F. The lowest BCUT2D eigenvalue weighted by Crippen LogP contribution is -2.43. The zero-order valence-electron chi connectivity index (χ0n) is 19.5. The van der Waals surface area contributed by atoms with Crippen molar-refractivity contribution in [1.82, 2.24) is 14.5 Å². The van der Waals surface area contributed by atoms with E-state index in [9.17, 15) is 14.0 Å². The van der Waals surface area contributed by atoms with Gasteiger partial charge in [-0.3, -0.25) is 9.59 Å². The van der Waals surface area contributed by atoms with Crippen molar-refractivity contribution in [2.24, 2.45) is 12.1 Å². The largest absolute Gasteiger partial charge is 0.383 e. The maximum atomic E-state index is 14.3. The number of ether oxygens (including phenoxy) is 1. The van der Waals surface area contributed by atoms with E-state index < -0.39 is 11.7 Å². The molecule has 3 aromatic rings. The van der Waals surface area contributed by atoms with Gasteiger partial charge in [-0.1, -0.05) is 35.9 Å². The zero-order valence-corrected chi connectivity index (χ0v) is 20.3. The van der Waals surface area contributed by atoms with Gasteiger partial charge < -0.3 is 14.2 Å². The van der Waals surface area contributed by atoms with E-state index >= 15 is 0 Å². The topological polar surface area (TPSA) is 67.1 Å². The number of carbonyl (C=O) groups is 2. The van der Waals surface area contributed by atoms with Gasteiger partial charge in [0.05, 0.1) is 29.6 Å². The van der Waals surface area contributed by atoms with Crippen LogP contribution >= 0.6 is 11.6 Å². The molecule has 2 heterocycles. The smallest absolute Gasteiger partial charge is 0.262 e. The zero-order chi connectivity index (χ0) is 24.9. The first kappa shape index (κ1) is 24.6. The van der Waals surface area contributed by atoms with Gasteiger partial charge in [-0.25, -0.2) is 9.40 Å². The number of amides is 2. The third-order valence-corrected chi connectivity index (χ3v) is 6.19. The Morgan fingerprint density at radius 3 is 2.54 bits per heavy atom. The molecule has 0 unspecified atom stereocenters. The molecule has 1 atom stereocenters. The Hall–Kier alpha value is -3.49. The maximum Gasteiger partial charge on any atom is 0.262 e. The third kappa shape index (κ3) is 5.44. The fourth-order valence-electron chi connectivity index (χ4n) is 4.10. The molecule has 9 heteroatoms. The summed E-state index contributed by atoms with van der Waals surface area (Å²) < 4.78 is 21.4. The highest BCUT2D eigenvalue weighted by molar-refractivity contribution is 6.30. The lowest BCUT2D eigenvalue weighted by atomic mass is 10.0. The molecule has 2 aromatic carbocycles. The molecule has 0 aliphatic carbocycles. The van der Waals surface area contributed by atoms with E-state index in [1.54, 1.807) is 18.2 Å². The Balaban J connectivity index is 1.63. The standard InChI is InChI=1S/C26H26ClFN4O3/c1-30-13-5-8-23(30)22-16-24(18-9-11-19(27)12-10-18)32(29-22)25(33)17-31(14-15-35-2)26(34)20-6-3-4-7-21(20)28/h3-13,24H,14-17H2,1-2H3/t24-/m1/s1. The van der Waals surface area contributed by atoms with E-state index in [1.165, 1.54) is 35.2 Å². The van der Waals surface area contributed by atoms with Gasteiger partial charge in [0, 0.05) is 38.3 Å². The summed E-state index contributed by atoms with van der Waals surface area (Å²) in [6, 6.07) is 16.5. The summed E-state index contributed by atoms with van der Waals surface area (Å²) in [6.07, 6.45) is 2.42. The van der Waals surface area contributed by atoms with Gasteiger partial charge in [0.2, 0.25) is 0 Å². The Morgan fingerprint density at radius 1 is 1.14 bits per heavy atom. The van der Waals surface area contributed by atoms with E-state index in [-0.39, 0.29) is 37.2 Å². The van der Waals surface area contributed by atoms with E-state index in [0.717, 1.165) is 17.0 Å². The van der Waals surface area contributed by atoms with Crippen LogP contribution in [0.15, 0.2) is 72.0 Å². The summed E-state index contributed by atoms with van der Waals surface area (Å²) in [4.78, 5) is 28.0. The highest BCUT2D eigenvalue weighted by Crippen LogP contribution is 2.33. The third-order valence-electron chi connectivity index (χ3n) is 5.94. The van der Waals surface area contributed by atoms with Gasteiger partial charge in [0.15, 0.2) is 0 Å². The minimum atomic E-state index is -0.642. The van der Waals surface area contributed by atoms with E-state index in [1.807, 2.05) is 42.1 Å². The van der Waals surface area contributed by atoms with Gasteiger partial charge in [-0.2, -0.15) is 5.10 Å². The molecule has 1 aromatic heterocycles. The van der Waals surface area contributed by atoms with Crippen LogP contribution in [0.5, 0.6) is 0 Å². The van der Waals surface area contributed by atoms with Gasteiger partial charge in [-0.05, 0) is 42.0 Å². The number of benzene rings is 2. The quantitative estimate of drug-likeness (QED) is 0.467. The monoisotopic (exact) mass is 496 g/mol. The summed E-state index contributed by atoms with van der Waals surface area (Å²) in [5.41, 5.74) is 2.44. The summed E-state index contributed by atoms with van der Waals surface area (Å²) in [6.45, 7) is 0.0553. The number of aryl methyl sites for hydroxylation is 1. The molecule has 1 aliphatic heterocycles. The van der Waals surface area contributed by atoms with Crippen LogP contribution in [0.2, 0.25) is 5.02 Å². The second-order valence-corrected chi connectivity index (χ2v) is 8.70. The molecule has 0 spiro atoms. The first-order chi connectivity index (χ1) is 16.9. The molecule has 182 valence electrons. The predicted molar refractivity (Wildman–Crippen MR) is 132 cm³/mol. The van der Waals surface area contributed by atoms with Crippen LogP contribution < -0.4 is 0 Å². The molecule has 0 bridgehead atoms. The van der Waals surface area contributed by atoms with Crippen molar-refractivity contribution >= 4 is 29.1 Å². The number of aromatic nitrogens is 1. The fourth-order valence-corrected chi connectivity index (χ4v) is 4.22. The predicted octanol–water partition coefficient (Wildman–Crippen LogP) is 4.28. The van der Waals surface area contributed by atoms with Crippen LogP contribution in [0.3, 0.4) is 0 Å². The normalized spacial score (nSPS) is 15.3. The van der Waals surface area contributed by atoms with Crippen molar-refractivity contribution in [3.63, 3.8) is 0 Å². The number of carbonyl (C=O) groups excluding carboxylic acids is 2. The van der Waals surface area contributed by atoms with Gasteiger partial charge in [0.1, 0.15) is 12.4 Å². The molecule has 4 rings (SSSR count). The maximum absolute atomic E-state index is 14.3. The number of halogens is 2. The number of hydrogen-bond acceptors (Lipinski definition) is 4. The molecule has 0 fully saturated rings. The van der Waals surface area contributed by atoms with Crippen LogP contribution in [0.4, 0.5) is 4.39 Å². The molecular weight excluding hydrogens is 471 g/mol. The van der Waals surface area contributed by atoms with Crippen LogP contribution in [-0.2, 0) is 16.6 Å². The summed E-state index contributed by atoms with van der Waals surface area (Å²) >= 11 is 6.07. The molecule has 0 saturated carbocycles. The fraction of sp³-hybridized carbons (Fsp3) is 0.269. The molecule has 0 N–H and O–H groups in total. The molecule has 2 amide bonds. The van der Waals surface area contributed by atoms with Crippen molar-refractivity contribution in [1.29, 1.82) is 0 Å². The number of methoxy groups -OCH3 is 1. The number of nitrogens with zero attached hydrogens (tertiary/aromatic N) is 4. The van der Waals surface area contributed by atoms with Crippen LogP contribution in [0.25, 0.3) is 0 Å². The van der Waals surface area contributed by atoms with Crippen LogP contribution in [0, 0.1) is 5.82 Å². The molecular formula is C26H26ClFN4O3. The lowest BCUT2D eigenvalue weighted by Gasteiger charge is -2.27. The van der Waals surface area contributed by atoms with Crippen molar-refractivity contribution in [3.8, 4) is 0 Å². The molecule has 35 heavy (non-hydrogen) atoms. The highest BCUT2D eigenvalue weighted by Gasteiger charge is 2.35. The molecule has 0 saturated heterocycles. The minimum absolute atomic E-state index is 0.0972. The lowest BCUT2D eigenvalue weighted by molar-refractivity contribution is -0.133. The van der Waals surface area contributed by atoms with Crippen molar-refractivity contribution in [2.45, 2.75) is 12.5 Å². The molecule has 0 radical (unpaired) electrons. The number of rotatable bonds is 8. The number of hydrogen-bond donors (Lipinski definition) is 0. The van der Waals surface area contributed by atoms with Crippen molar-refractivity contribution in [3.05, 3.63) is 94.5 Å². The van der Waals surface area contributed by atoms with Gasteiger partial charge in [0.25, 0.3) is 11.8 Å².